The van der Waals surface area contributed by atoms with E-state index < -0.39 is 0 Å². The second-order valence-electron chi connectivity index (χ2n) is 5.09. The Bertz CT molecular complexity index is 658. The highest BCUT2D eigenvalue weighted by Crippen LogP contribution is 2.34. The third-order valence-corrected chi connectivity index (χ3v) is 3.68. The molecule has 3 rings (SSSR count). The van der Waals surface area contributed by atoms with Crippen LogP contribution in [-0.4, -0.2) is 22.5 Å². The number of esters is 1. The van der Waals surface area contributed by atoms with Crippen LogP contribution < -0.4 is 0 Å². The number of pyridine rings is 1. The summed E-state index contributed by atoms with van der Waals surface area (Å²) in [5.74, 6) is -0.277. The predicted octanol–water partition coefficient (Wildman–Crippen LogP) is 3.05. The van der Waals surface area contributed by atoms with Crippen molar-refractivity contribution >= 4 is 5.97 Å². The van der Waals surface area contributed by atoms with Crippen LogP contribution in [0.15, 0.2) is 18.3 Å². The summed E-state index contributed by atoms with van der Waals surface area (Å²) in [6.45, 7) is 4.17. The number of aryl methyl sites for hydroxylation is 3. The monoisotopic (exact) mass is 270 g/mol. The molecular weight excluding hydrogens is 252 g/mol. The van der Waals surface area contributed by atoms with Crippen LogP contribution in [-0.2, 0) is 17.6 Å². The highest BCUT2D eigenvalue weighted by atomic mass is 16.5. The molecule has 0 bridgehead atoms. The molecule has 0 saturated carbocycles. The van der Waals surface area contributed by atoms with Crippen LogP contribution in [0.4, 0.5) is 0 Å². The van der Waals surface area contributed by atoms with Crippen molar-refractivity contribution in [2.45, 2.75) is 33.1 Å². The summed E-state index contributed by atoms with van der Waals surface area (Å²) in [5.41, 5.74) is 5.72. The van der Waals surface area contributed by atoms with Crippen molar-refractivity contribution in [3.8, 4) is 11.3 Å². The van der Waals surface area contributed by atoms with Gasteiger partial charge < -0.3 is 9.72 Å². The Balaban J connectivity index is 2.18. The Hall–Kier alpha value is -2.10. The van der Waals surface area contributed by atoms with Gasteiger partial charge in [0.1, 0.15) is 0 Å². The van der Waals surface area contributed by atoms with Crippen LogP contribution >= 0.6 is 0 Å². The average Bonchev–Trinajstić information content (AvgIpc) is 2.77. The molecule has 1 N–H and O–H groups in total. The van der Waals surface area contributed by atoms with Crippen LogP contribution in [0.25, 0.3) is 11.3 Å². The molecule has 1 aliphatic carbocycles. The van der Waals surface area contributed by atoms with E-state index in [1.54, 1.807) is 6.20 Å². The van der Waals surface area contributed by atoms with E-state index in [2.05, 4.69) is 16.0 Å². The number of ether oxygens (including phenoxy) is 1. The Morgan fingerprint density at radius 2 is 2.25 bits per heavy atom. The van der Waals surface area contributed by atoms with E-state index in [1.807, 2.05) is 19.9 Å². The Morgan fingerprint density at radius 3 is 3.05 bits per heavy atom. The highest BCUT2D eigenvalue weighted by molar-refractivity contribution is 5.98. The van der Waals surface area contributed by atoms with Gasteiger partial charge in [0.15, 0.2) is 0 Å². The number of carbonyl (C=O) groups excluding carboxylic acids is 1. The third-order valence-electron chi connectivity index (χ3n) is 3.68. The molecule has 0 aromatic carbocycles. The first-order valence-corrected chi connectivity index (χ1v) is 7.05. The smallest absolute Gasteiger partial charge is 0.340 e. The van der Waals surface area contributed by atoms with E-state index in [-0.39, 0.29) is 5.97 Å². The maximum Gasteiger partial charge on any atom is 0.340 e. The van der Waals surface area contributed by atoms with Crippen LogP contribution in [0, 0.1) is 6.92 Å². The zero-order valence-electron chi connectivity index (χ0n) is 11.8. The summed E-state index contributed by atoms with van der Waals surface area (Å²) in [5, 5.41) is 0. The number of rotatable bonds is 2. The Kier molecular flexibility index (Phi) is 3.30. The average molecular weight is 270 g/mol. The minimum Gasteiger partial charge on any atom is -0.462 e. The summed E-state index contributed by atoms with van der Waals surface area (Å²) in [7, 11) is 0. The van der Waals surface area contributed by atoms with E-state index in [9.17, 15) is 4.79 Å². The summed E-state index contributed by atoms with van der Waals surface area (Å²) in [4.78, 5) is 20.0. The van der Waals surface area contributed by atoms with Crippen LogP contribution in [0.5, 0.6) is 0 Å². The highest BCUT2D eigenvalue weighted by Gasteiger charge is 2.24. The normalized spacial score (nSPS) is 13.3. The number of nitrogens with zero attached hydrogens (tertiary/aromatic N) is 1. The van der Waals surface area contributed by atoms with Gasteiger partial charge in [0.25, 0.3) is 0 Å². The van der Waals surface area contributed by atoms with Gasteiger partial charge in [0.05, 0.1) is 17.9 Å². The van der Waals surface area contributed by atoms with Crippen LogP contribution in [0.2, 0.25) is 0 Å². The first kappa shape index (κ1) is 12.9. The van der Waals surface area contributed by atoms with Gasteiger partial charge in [-0.05, 0) is 44.7 Å². The van der Waals surface area contributed by atoms with Crippen molar-refractivity contribution < 1.29 is 9.53 Å². The lowest BCUT2D eigenvalue weighted by atomic mass is 10.0. The summed E-state index contributed by atoms with van der Waals surface area (Å²) >= 11 is 0. The number of hydrogen-bond acceptors (Lipinski definition) is 3. The second kappa shape index (κ2) is 5.12. The van der Waals surface area contributed by atoms with Crippen molar-refractivity contribution in [2.75, 3.05) is 6.61 Å². The lowest BCUT2D eigenvalue weighted by Crippen LogP contribution is -2.06. The number of aromatic amines is 1. The van der Waals surface area contributed by atoms with Gasteiger partial charge in [-0.15, -0.1) is 0 Å². The predicted molar refractivity (Wildman–Crippen MR) is 76.7 cm³/mol. The van der Waals surface area contributed by atoms with Crippen molar-refractivity contribution in [1.29, 1.82) is 0 Å². The van der Waals surface area contributed by atoms with Crippen molar-refractivity contribution in [2.24, 2.45) is 0 Å². The van der Waals surface area contributed by atoms with Gasteiger partial charge in [0, 0.05) is 23.1 Å². The van der Waals surface area contributed by atoms with E-state index in [0.29, 0.717) is 12.2 Å². The molecule has 0 atom stereocenters. The minimum absolute atomic E-state index is 0.277. The molecule has 0 radical (unpaired) electrons. The van der Waals surface area contributed by atoms with Gasteiger partial charge in [-0.2, -0.15) is 0 Å². The van der Waals surface area contributed by atoms with Gasteiger partial charge in [-0.3, -0.25) is 4.98 Å². The van der Waals surface area contributed by atoms with Crippen LogP contribution in [0.3, 0.4) is 0 Å². The van der Waals surface area contributed by atoms with Crippen LogP contribution in [0.1, 0.15) is 40.7 Å². The molecule has 1 aliphatic rings. The maximum absolute atomic E-state index is 12.1. The zero-order valence-corrected chi connectivity index (χ0v) is 11.8. The lowest BCUT2D eigenvalue weighted by Gasteiger charge is -2.09. The van der Waals surface area contributed by atoms with Gasteiger partial charge in [0.2, 0.25) is 0 Å². The third kappa shape index (κ3) is 2.11. The van der Waals surface area contributed by atoms with Gasteiger partial charge in [-0.1, -0.05) is 6.07 Å². The SMILES string of the molecule is CCOC(=O)c1c[nH]c2c1-c1nc(C)ccc1CCC2. The maximum atomic E-state index is 12.1. The second-order valence-corrected chi connectivity index (χ2v) is 5.09. The molecule has 4 heteroatoms. The van der Waals surface area contributed by atoms with Crippen molar-refractivity contribution in [3.63, 3.8) is 0 Å². The van der Waals surface area contributed by atoms with E-state index in [4.69, 9.17) is 4.74 Å². The summed E-state index contributed by atoms with van der Waals surface area (Å²) < 4.78 is 5.15. The Labute approximate surface area is 118 Å². The quantitative estimate of drug-likeness (QED) is 0.853. The first-order chi connectivity index (χ1) is 9.70. The fourth-order valence-electron chi connectivity index (χ4n) is 2.76. The number of carbonyl (C=O) groups is 1. The topological polar surface area (TPSA) is 55.0 Å². The fourth-order valence-corrected chi connectivity index (χ4v) is 2.76. The molecule has 4 nitrogen and oxygen atoms in total. The number of H-pyrrole nitrogens is 1. The largest absolute Gasteiger partial charge is 0.462 e. The van der Waals surface area contributed by atoms with E-state index in [0.717, 1.165) is 41.9 Å². The molecule has 20 heavy (non-hydrogen) atoms. The molecule has 2 aromatic rings. The molecule has 2 heterocycles. The molecule has 0 unspecified atom stereocenters. The number of fused-ring (bicyclic) bond motifs is 3. The van der Waals surface area contributed by atoms with Crippen molar-refractivity contribution in [3.05, 3.63) is 40.8 Å². The lowest BCUT2D eigenvalue weighted by molar-refractivity contribution is 0.0527. The molecule has 0 saturated heterocycles. The fraction of sp³-hybridized carbons (Fsp3) is 0.375. The van der Waals surface area contributed by atoms with E-state index in [1.165, 1.54) is 5.56 Å². The van der Waals surface area contributed by atoms with Gasteiger partial charge in [-0.25, -0.2) is 4.79 Å². The van der Waals surface area contributed by atoms with Crippen molar-refractivity contribution in [1.82, 2.24) is 9.97 Å². The zero-order chi connectivity index (χ0) is 14.1. The molecule has 0 spiro atoms. The number of nitrogens with one attached hydrogen (secondary N) is 1. The summed E-state index contributed by atoms with van der Waals surface area (Å²) in [6.07, 6.45) is 4.74. The molecular formula is C16H18N2O2. The molecule has 0 amide bonds. The minimum atomic E-state index is -0.277. The summed E-state index contributed by atoms with van der Waals surface area (Å²) in [6, 6.07) is 4.15. The molecule has 104 valence electrons. The molecule has 0 aliphatic heterocycles. The number of aromatic nitrogens is 2. The van der Waals surface area contributed by atoms with Gasteiger partial charge >= 0.3 is 5.97 Å². The Morgan fingerprint density at radius 1 is 1.40 bits per heavy atom. The molecule has 0 fully saturated rings. The standard InChI is InChI=1S/C16H18N2O2/c1-3-20-16(19)12-9-17-13-6-4-5-11-8-7-10(2)18-15(11)14(12)13/h7-9,17H,3-6H2,1-2H3. The molecule has 2 aromatic heterocycles. The first-order valence-electron chi connectivity index (χ1n) is 7.05. The number of hydrogen-bond donors (Lipinski definition) is 1. The van der Waals surface area contributed by atoms with E-state index >= 15 is 0 Å².